The van der Waals surface area contributed by atoms with Gasteiger partial charge >= 0.3 is 5.97 Å². The minimum Gasteiger partial charge on any atom is -0.467 e. The van der Waals surface area contributed by atoms with Crippen LogP contribution in [0.1, 0.15) is 49.0 Å². The Bertz CT molecular complexity index is 849. The van der Waals surface area contributed by atoms with E-state index in [9.17, 15) is 19.2 Å². The van der Waals surface area contributed by atoms with Gasteiger partial charge in [0.1, 0.15) is 12.1 Å². The van der Waals surface area contributed by atoms with Crippen LogP contribution >= 0.6 is 12.2 Å². The van der Waals surface area contributed by atoms with Crippen molar-refractivity contribution in [3.63, 3.8) is 0 Å². The average molecular weight is 496 g/mol. The third-order valence-corrected chi connectivity index (χ3v) is 4.88. The van der Waals surface area contributed by atoms with Gasteiger partial charge in [0, 0.05) is 12.1 Å². The minimum absolute atomic E-state index is 0.207. The van der Waals surface area contributed by atoms with Gasteiger partial charge in [0.2, 0.25) is 11.8 Å². The van der Waals surface area contributed by atoms with E-state index in [4.69, 9.17) is 18.1 Å². The molecule has 1 rings (SSSR count). The van der Waals surface area contributed by atoms with Gasteiger partial charge in [0.05, 0.1) is 25.2 Å². The summed E-state index contributed by atoms with van der Waals surface area (Å²) >= 11 is 4.97. The molecule has 0 radical (unpaired) electrons. The Hall–Kier alpha value is -3.09. The monoisotopic (exact) mass is 495 g/mol. The second-order valence-electron chi connectivity index (χ2n) is 7.54. The molecule has 1 aromatic carbocycles. The molecular weight excluding hydrogens is 462 g/mol. The van der Waals surface area contributed by atoms with E-state index in [0.717, 1.165) is 12.0 Å². The molecule has 0 heterocycles. The molecule has 2 atom stereocenters. The molecule has 2 unspecified atom stereocenters. The number of nitrogens with two attached hydrogens (primary N) is 1. The highest BCUT2D eigenvalue weighted by molar-refractivity contribution is 7.80. The molecule has 34 heavy (non-hydrogen) atoms. The lowest BCUT2D eigenvalue weighted by Crippen LogP contribution is -2.50. The van der Waals surface area contributed by atoms with Gasteiger partial charge in [0.25, 0.3) is 5.91 Å². The molecule has 0 aliphatic rings. The Morgan fingerprint density at radius 1 is 1.06 bits per heavy atom. The van der Waals surface area contributed by atoms with Crippen molar-refractivity contribution in [2.45, 2.75) is 51.8 Å². The molecule has 0 saturated heterocycles. The summed E-state index contributed by atoms with van der Waals surface area (Å²) < 4.78 is 4.55. The van der Waals surface area contributed by atoms with Crippen molar-refractivity contribution in [3.05, 3.63) is 35.4 Å². The zero-order chi connectivity index (χ0) is 25.5. The Balaban J connectivity index is 2.73. The quantitative estimate of drug-likeness (QED) is 0.104. The number of amides is 3. The number of benzene rings is 1. The lowest BCUT2D eigenvalue weighted by atomic mass is 10.1. The van der Waals surface area contributed by atoms with Crippen LogP contribution in [0.15, 0.2) is 24.3 Å². The van der Waals surface area contributed by atoms with E-state index in [1.165, 1.54) is 14.0 Å². The highest BCUT2D eigenvalue weighted by atomic mass is 32.1. The fourth-order valence-corrected chi connectivity index (χ4v) is 3.02. The second kappa shape index (κ2) is 15.7. The van der Waals surface area contributed by atoms with E-state index < -0.39 is 35.8 Å². The van der Waals surface area contributed by atoms with Crippen LogP contribution in [0.25, 0.3) is 0 Å². The number of methoxy groups -OCH3 is 1. The van der Waals surface area contributed by atoms with Crippen molar-refractivity contribution >= 4 is 40.9 Å². The Labute approximate surface area is 204 Å². The number of unbranched alkanes of at least 4 members (excludes halogenated alkanes) is 1. The van der Waals surface area contributed by atoms with Crippen LogP contribution in [0.3, 0.4) is 0 Å². The summed E-state index contributed by atoms with van der Waals surface area (Å²) in [6, 6.07) is 4.89. The van der Waals surface area contributed by atoms with Crippen molar-refractivity contribution in [1.29, 1.82) is 0 Å². The van der Waals surface area contributed by atoms with Crippen molar-refractivity contribution in [2.75, 3.05) is 20.2 Å². The Morgan fingerprint density at radius 3 is 2.32 bits per heavy atom. The van der Waals surface area contributed by atoms with Crippen LogP contribution in [-0.2, 0) is 30.6 Å². The van der Waals surface area contributed by atoms with Crippen molar-refractivity contribution in [1.82, 2.24) is 21.3 Å². The normalized spacial score (nSPS) is 12.1. The molecule has 6 N–H and O–H groups in total. The van der Waals surface area contributed by atoms with Gasteiger partial charge < -0.3 is 26.0 Å². The first kappa shape index (κ1) is 28.9. The number of carbonyl (C=O) groups excluding carboxylic acids is 4. The number of ether oxygens (including phenoxy) is 1. The number of thiocarbonyl (C=S) groups is 1. The Morgan fingerprint density at radius 2 is 1.74 bits per heavy atom. The molecule has 0 saturated carbocycles. The minimum atomic E-state index is -0.862. The summed E-state index contributed by atoms with van der Waals surface area (Å²) in [5.74, 6) is 2.94. The smallest absolute Gasteiger partial charge is 0.328 e. The third kappa shape index (κ3) is 11.2. The number of esters is 1. The number of hydrogen-bond acceptors (Lipinski definition) is 8. The van der Waals surface area contributed by atoms with Crippen molar-refractivity contribution in [2.24, 2.45) is 5.90 Å². The number of carbonyl (C=O) groups is 4. The molecule has 0 aliphatic heterocycles. The van der Waals surface area contributed by atoms with Gasteiger partial charge in [-0.15, -0.1) is 0 Å². The van der Waals surface area contributed by atoms with Crippen LogP contribution in [0, 0.1) is 0 Å². The molecule has 1 aromatic rings. The molecule has 0 spiro atoms. The first-order valence-corrected chi connectivity index (χ1v) is 11.2. The maximum absolute atomic E-state index is 12.7. The molecule has 3 amide bonds. The van der Waals surface area contributed by atoms with Gasteiger partial charge in [-0.25, -0.2) is 10.7 Å². The van der Waals surface area contributed by atoms with Gasteiger partial charge in [0.15, 0.2) is 0 Å². The number of hydrogen-bond donors (Lipinski definition) is 5. The number of rotatable bonds is 14. The summed E-state index contributed by atoms with van der Waals surface area (Å²) in [4.78, 5) is 54.1. The highest BCUT2D eigenvalue weighted by Gasteiger charge is 2.22. The van der Waals surface area contributed by atoms with Gasteiger partial charge in [-0.2, -0.15) is 0 Å². The number of nitrogens with one attached hydrogen (secondary N) is 4. The zero-order valence-corrected chi connectivity index (χ0v) is 20.5. The molecule has 0 aromatic heterocycles. The van der Waals surface area contributed by atoms with Crippen molar-refractivity contribution < 1.29 is 28.8 Å². The Kier molecular flexibility index (Phi) is 13.4. The fourth-order valence-electron chi connectivity index (χ4n) is 2.92. The van der Waals surface area contributed by atoms with Gasteiger partial charge in [-0.05, 0) is 50.8 Å². The van der Waals surface area contributed by atoms with E-state index in [1.807, 2.05) is 0 Å². The molecule has 188 valence electrons. The lowest BCUT2D eigenvalue weighted by Gasteiger charge is -2.19. The van der Waals surface area contributed by atoms with Gasteiger partial charge in [-0.1, -0.05) is 24.4 Å². The largest absolute Gasteiger partial charge is 0.467 e. The summed E-state index contributed by atoms with van der Waals surface area (Å²) in [5.41, 5.74) is 1.16. The van der Waals surface area contributed by atoms with Crippen LogP contribution in [0.4, 0.5) is 0 Å². The van der Waals surface area contributed by atoms with Gasteiger partial charge in [-0.3, -0.25) is 19.2 Å². The summed E-state index contributed by atoms with van der Waals surface area (Å²) in [6.07, 6.45) is 1.72. The summed E-state index contributed by atoms with van der Waals surface area (Å²) in [6.45, 7) is 3.75. The van der Waals surface area contributed by atoms with E-state index in [-0.39, 0.29) is 13.2 Å². The van der Waals surface area contributed by atoms with E-state index in [2.05, 4.69) is 30.8 Å². The maximum atomic E-state index is 12.7. The van der Waals surface area contributed by atoms with E-state index in [0.29, 0.717) is 29.9 Å². The van der Waals surface area contributed by atoms with E-state index in [1.54, 1.807) is 31.2 Å². The first-order chi connectivity index (χ1) is 16.2. The SMILES string of the molecule is COC(=O)C(C)NC(=O)CNC(=O)C(CCCCNC(C)=S)NC(=O)c1ccc(CON)cc1. The third-order valence-electron chi connectivity index (χ3n) is 4.74. The summed E-state index contributed by atoms with van der Waals surface area (Å²) in [5, 5.41) is 10.7. The predicted molar refractivity (Wildman–Crippen MR) is 129 cm³/mol. The topological polar surface area (TPSA) is 161 Å². The first-order valence-electron chi connectivity index (χ1n) is 10.8. The molecule has 0 fully saturated rings. The van der Waals surface area contributed by atoms with Crippen molar-refractivity contribution in [3.8, 4) is 0 Å². The standard InChI is InChI=1S/C22H33N5O6S/c1-14(22(31)32-3)26-19(28)12-25-21(30)18(6-4-5-11-24-15(2)34)27-20(29)17-9-7-16(8-10-17)13-33-23/h7-10,14,18H,4-6,11-13,23H2,1-3H3,(H,24,34)(H,25,30)(H,26,28)(H,27,29). The van der Waals surface area contributed by atoms with Crippen LogP contribution < -0.4 is 27.2 Å². The maximum Gasteiger partial charge on any atom is 0.328 e. The van der Waals surface area contributed by atoms with Crippen LogP contribution in [-0.4, -0.2) is 61.0 Å². The molecule has 12 heteroatoms. The average Bonchev–Trinajstić information content (AvgIpc) is 2.81. The molecule has 0 bridgehead atoms. The second-order valence-corrected chi connectivity index (χ2v) is 8.16. The molecule has 11 nitrogen and oxygen atoms in total. The van der Waals surface area contributed by atoms with E-state index >= 15 is 0 Å². The molecule has 0 aliphatic carbocycles. The molecular formula is C22H33N5O6S. The zero-order valence-electron chi connectivity index (χ0n) is 19.6. The lowest BCUT2D eigenvalue weighted by molar-refractivity contribution is -0.144. The van der Waals surface area contributed by atoms with Crippen LogP contribution in [0.2, 0.25) is 0 Å². The highest BCUT2D eigenvalue weighted by Crippen LogP contribution is 2.08. The fraction of sp³-hybridized carbons (Fsp3) is 0.500. The summed E-state index contributed by atoms with van der Waals surface area (Å²) in [7, 11) is 1.21. The predicted octanol–water partition coefficient (Wildman–Crippen LogP) is 0.0764. The van der Waals surface area contributed by atoms with Crippen LogP contribution in [0.5, 0.6) is 0 Å².